The van der Waals surface area contributed by atoms with Crippen molar-refractivity contribution in [3.63, 3.8) is 0 Å². The standard InChI is InChI=1S/C19H26N4O3/c1-4-21-19(22-10-11-26-16-6-5-9-20-14-16)23-13-15-7-8-17(24-2)18(12-15)25-3/h5-9,12,14H,4,10-11,13H2,1-3H3,(H2,21,22,23). The van der Waals surface area contributed by atoms with Crippen molar-refractivity contribution >= 4 is 5.96 Å². The lowest BCUT2D eigenvalue weighted by Gasteiger charge is -2.12. The number of ether oxygens (including phenoxy) is 3. The molecule has 7 nitrogen and oxygen atoms in total. The van der Waals surface area contributed by atoms with Gasteiger partial charge in [0.25, 0.3) is 0 Å². The van der Waals surface area contributed by atoms with Crippen LogP contribution >= 0.6 is 0 Å². The molecule has 0 fully saturated rings. The highest BCUT2D eigenvalue weighted by Crippen LogP contribution is 2.27. The predicted molar refractivity (Wildman–Crippen MR) is 102 cm³/mol. The number of pyridine rings is 1. The molecule has 0 amide bonds. The van der Waals surface area contributed by atoms with E-state index in [1.54, 1.807) is 26.6 Å². The van der Waals surface area contributed by atoms with Gasteiger partial charge in [0.1, 0.15) is 12.4 Å². The molecule has 1 aromatic carbocycles. The van der Waals surface area contributed by atoms with E-state index in [1.165, 1.54) is 0 Å². The first-order chi connectivity index (χ1) is 12.8. The van der Waals surface area contributed by atoms with Crippen molar-refractivity contribution in [1.29, 1.82) is 0 Å². The zero-order valence-corrected chi connectivity index (χ0v) is 15.5. The number of guanidine groups is 1. The first-order valence-electron chi connectivity index (χ1n) is 8.52. The molecule has 0 radical (unpaired) electrons. The summed E-state index contributed by atoms with van der Waals surface area (Å²) in [6.07, 6.45) is 3.41. The Balaban J connectivity index is 1.87. The Bertz CT molecular complexity index is 692. The lowest BCUT2D eigenvalue weighted by Crippen LogP contribution is -2.39. The van der Waals surface area contributed by atoms with Gasteiger partial charge in [-0.3, -0.25) is 4.98 Å². The average molecular weight is 358 g/mol. The zero-order valence-electron chi connectivity index (χ0n) is 15.5. The van der Waals surface area contributed by atoms with Crippen molar-refractivity contribution in [3.8, 4) is 17.2 Å². The Kier molecular flexibility index (Phi) is 8.05. The van der Waals surface area contributed by atoms with Crippen molar-refractivity contribution < 1.29 is 14.2 Å². The summed E-state index contributed by atoms with van der Waals surface area (Å²) in [5.41, 5.74) is 1.03. The van der Waals surface area contributed by atoms with Gasteiger partial charge in [-0.05, 0) is 36.8 Å². The van der Waals surface area contributed by atoms with Crippen molar-refractivity contribution in [2.24, 2.45) is 4.99 Å². The topological polar surface area (TPSA) is 77.0 Å². The van der Waals surface area contributed by atoms with E-state index >= 15 is 0 Å². The fraction of sp³-hybridized carbons (Fsp3) is 0.368. The number of aliphatic imine (C=N–C) groups is 1. The summed E-state index contributed by atoms with van der Waals surface area (Å²) in [4.78, 5) is 8.61. The van der Waals surface area contributed by atoms with Gasteiger partial charge in [0.2, 0.25) is 0 Å². The van der Waals surface area contributed by atoms with E-state index < -0.39 is 0 Å². The van der Waals surface area contributed by atoms with Crippen LogP contribution in [0.3, 0.4) is 0 Å². The lowest BCUT2D eigenvalue weighted by atomic mass is 10.2. The molecule has 7 heteroatoms. The quantitative estimate of drug-likeness (QED) is 0.407. The van der Waals surface area contributed by atoms with Crippen LogP contribution in [0.4, 0.5) is 0 Å². The number of nitrogens with zero attached hydrogens (tertiary/aromatic N) is 2. The van der Waals surface area contributed by atoms with Gasteiger partial charge in [-0.15, -0.1) is 0 Å². The Morgan fingerprint density at radius 1 is 1.12 bits per heavy atom. The average Bonchev–Trinajstić information content (AvgIpc) is 2.69. The van der Waals surface area contributed by atoms with Crippen LogP contribution < -0.4 is 24.8 Å². The Labute approximate surface area is 154 Å². The minimum atomic E-state index is 0.520. The number of aromatic nitrogens is 1. The molecular weight excluding hydrogens is 332 g/mol. The summed E-state index contributed by atoms with van der Waals surface area (Å²) >= 11 is 0. The third-order valence-corrected chi connectivity index (χ3v) is 3.51. The van der Waals surface area contributed by atoms with Gasteiger partial charge in [0.05, 0.1) is 33.5 Å². The van der Waals surface area contributed by atoms with Crippen molar-refractivity contribution in [2.75, 3.05) is 33.9 Å². The van der Waals surface area contributed by atoms with Crippen molar-refractivity contribution in [3.05, 3.63) is 48.3 Å². The highest BCUT2D eigenvalue weighted by atomic mass is 16.5. The molecule has 0 aliphatic rings. The van der Waals surface area contributed by atoms with E-state index in [0.717, 1.165) is 23.8 Å². The van der Waals surface area contributed by atoms with Crippen LogP contribution in [0, 0.1) is 0 Å². The molecule has 0 atom stereocenters. The fourth-order valence-electron chi connectivity index (χ4n) is 2.26. The molecule has 140 valence electrons. The maximum atomic E-state index is 5.61. The molecule has 0 spiro atoms. The zero-order chi connectivity index (χ0) is 18.6. The van der Waals surface area contributed by atoms with E-state index in [4.69, 9.17) is 14.2 Å². The molecule has 2 N–H and O–H groups in total. The maximum Gasteiger partial charge on any atom is 0.191 e. The molecule has 1 aromatic heterocycles. The van der Waals surface area contributed by atoms with E-state index in [2.05, 4.69) is 20.6 Å². The Morgan fingerprint density at radius 2 is 1.96 bits per heavy atom. The fourth-order valence-corrected chi connectivity index (χ4v) is 2.26. The van der Waals surface area contributed by atoms with Gasteiger partial charge in [0, 0.05) is 12.7 Å². The lowest BCUT2D eigenvalue weighted by molar-refractivity contribution is 0.320. The van der Waals surface area contributed by atoms with Crippen LogP contribution in [0.5, 0.6) is 17.2 Å². The summed E-state index contributed by atoms with van der Waals surface area (Å²) in [5.74, 6) is 2.89. The summed E-state index contributed by atoms with van der Waals surface area (Å²) in [5, 5.41) is 6.47. The second-order valence-electron chi connectivity index (χ2n) is 5.35. The van der Waals surface area contributed by atoms with Gasteiger partial charge in [-0.2, -0.15) is 0 Å². The van der Waals surface area contributed by atoms with Crippen LogP contribution in [0.25, 0.3) is 0 Å². The monoisotopic (exact) mass is 358 g/mol. The van der Waals surface area contributed by atoms with Gasteiger partial charge in [-0.1, -0.05) is 6.07 Å². The van der Waals surface area contributed by atoms with Crippen LogP contribution in [0.1, 0.15) is 12.5 Å². The third kappa shape index (κ3) is 6.16. The molecule has 2 rings (SSSR count). The minimum absolute atomic E-state index is 0.520. The minimum Gasteiger partial charge on any atom is -0.493 e. The third-order valence-electron chi connectivity index (χ3n) is 3.51. The van der Waals surface area contributed by atoms with Crippen LogP contribution in [-0.4, -0.2) is 44.9 Å². The summed E-state index contributed by atoms with van der Waals surface area (Å²) in [7, 11) is 3.25. The van der Waals surface area contributed by atoms with Crippen molar-refractivity contribution in [2.45, 2.75) is 13.5 Å². The van der Waals surface area contributed by atoms with E-state index in [9.17, 15) is 0 Å². The number of hydrogen-bond donors (Lipinski definition) is 2. The number of benzene rings is 1. The number of hydrogen-bond acceptors (Lipinski definition) is 5. The maximum absolute atomic E-state index is 5.61. The van der Waals surface area contributed by atoms with Gasteiger partial charge in [0.15, 0.2) is 17.5 Å². The van der Waals surface area contributed by atoms with Crippen molar-refractivity contribution in [1.82, 2.24) is 15.6 Å². The Hall–Kier alpha value is -2.96. The van der Waals surface area contributed by atoms with Crippen LogP contribution in [0.15, 0.2) is 47.7 Å². The first kappa shape index (κ1) is 19.4. The number of methoxy groups -OCH3 is 2. The molecule has 0 unspecified atom stereocenters. The molecule has 0 aliphatic heterocycles. The van der Waals surface area contributed by atoms with E-state index in [0.29, 0.717) is 31.2 Å². The SMILES string of the molecule is CCNC(=NCc1ccc(OC)c(OC)c1)NCCOc1cccnc1. The second kappa shape index (κ2) is 10.8. The van der Waals surface area contributed by atoms with E-state index in [1.807, 2.05) is 37.3 Å². The number of nitrogens with one attached hydrogen (secondary N) is 2. The normalized spacial score (nSPS) is 11.0. The first-order valence-corrected chi connectivity index (χ1v) is 8.52. The van der Waals surface area contributed by atoms with Crippen LogP contribution in [0.2, 0.25) is 0 Å². The van der Waals surface area contributed by atoms with Gasteiger partial charge in [-0.25, -0.2) is 4.99 Å². The predicted octanol–water partition coefficient (Wildman–Crippen LogP) is 2.23. The second-order valence-corrected chi connectivity index (χ2v) is 5.35. The molecule has 1 heterocycles. The molecular formula is C19H26N4O3. The smallest absolute Gasteiger partial charge is 0.191 e. The summed E-state index contributed by atoms with van der Waals surface area (Å²) in [6.45, 7) is 4.49. The molecule has 0 saturated carbocycles. The van der Waals surface area contributed by atoms with Gasteiger partial charge >= 0.3 is 0 Å². The molecule has 0 aliphatic carbocycles. The van der Waals surface area contributed by atoms with Crippen LogP contribution in [-0.2, 0) is 6.54 Å². The van der Waals surface area contributed by atoms with E-state index in [-0.39, 0.29) is 0 Å². The highest BCUT2D eigenvalue weighted by Gasteiger charge is 2.05. The summed E-state index contributed by atoms with van der Waals surface area (Å²) in [6, 6.07) is 9.50. The molecule has 26 heavy (non-hydrogen) atoms. The molecule has 2 aromatic rings. The molecule has 0 saturated heterocycles. The summed E-state index contributed by atoms with van der Waals surface area (Å²) < 4.78 is 16.2. The van der Waals surface area contributed by atoms with Gasteiger partial charge < -0.3 is 24.8 Å². The Morgan fingerprint density at radius 3 is 2.65 bits per heavy atom. The highest BCUT2D eigenvalue weighted by molar-refractivity contribution is 5.79. The largest absolute Gasteiger partial charge is 0.493 e. The molecule has 0 bridgehead atoms. The number of rotatable bonds is 9.